The van der Waals surface area contributed by atoms with Crippen LogP contribution in [0.15, 0.2) is 174 Å². The molecular formula is C76H85N11O13S2. The number of nitro groups is 2. The maximum absolute atomic E-state index is 15.6. The van der Waals surface area contributed by atoms with Crippen LogP contribution in [0.5, 0.6) is 0 Å². The van der Waals surface area contributed by atoms with Crippen LogP contribution in [-0.2, 0) is 52.8 Å². The van der Waals surface area contributed by atoms with Crippen molar-refractivity contribution in [1.82, 2.24) is 19.2 Å². The molecule has 13 rings (SSSR count). The van der Waals surface area contributed by atoms with E-state index in [-0.39, 0.29) is 46.2 Å². The monoisotopic (exact) mass is 1420 g/mol. The number of aryl methyl sites for hydroxylation is 2. The molecule has 5 fully saturated rings. The highest BCUT2D eigenvalue weighted by Crippen LogP contribution is 2.67. The van der Waals surface area contributed by atoms with Gasteiger partial charge in [-0.05, 0) is 177 Å². The van der Waals surface area contributed by atoms with Gasteiger partial charge in [0, 0.05) is 151 Å². The fourth-order valence-corrected chi connectivity index (χ4v) is 17.8. The molecule has 2 bridgehead atoms. The lowest BCUT2D eigenvalue weighted by Crippen LogP contribution is -2.51. The molecule has 4 aliphatic heterocycles. The number of nitro benzene ring substituents is 2. The van der Waals surface area contributed by atoms with Gasteiger partial charge in [-0.3, -0.25) is 44.4 Å². The van der Waals surface area contributed by atoms with Crippen molar-refractivity contribution in [2.24, 2.45) is 23.2 Å². The van der Waals surface area contributed by atoms with Crippen LogP contribution in [0.4, 0.5) is 39.8 Å². The minimum atomic E-state index is -4.49. The number of hydrogen-bond donors (Lipinski definition) is 5. The van der Waals surface area contributed by atoms with E-state index < -0.39 is 73.7 Å². The molecule has 0 aromatic heterocycles. The third-order valence-corrected chi connectivity index (χ3v) is 24.0. The third kappa shape index (κ3) is 15.0. The fraction of sp³-hybridized carbons (Fsp3) is 0.382. The zero-order valence-corrected chi connectivity index (χ0v) is 58.8. The molecule has 534 valence electrons. The Balaban J connectivity index is 0.687. The largest absolute Gasteiger partial charge is 0.381 e. The molecule has 4 saturated heterocycles. The zero-order valence-electron chi connectivity index (χ0n) is 57.2. The van der Waals surface area contributed by atoms with Crippen molar-refractivity contribution >= 4 is 77.6 Å². The number of carbonyl (C=O) groups is 3. The van der Waals surface area contributed by atoms with E-state index >= 15 is 4.79 Å². The molecule has 3 amide bonds. The Kier molecular flexibility index (Phi) is 21.0. The minimum absolute atomic E-state index is 0.0171. The molecule has 7 aromatic rings. The standard InChI is InChI=1S/C76H85N11O13S2/c1-52-8-20-66(58(44-52)50-82-32-36-84(37-33-82)62-14-10-56(11-15-62)72(88)80-101(95,96)64-18-22-68(70(46-64)86(91)92)77-48-54-26-40-99-41-27-54)76(60-24-30-75(76,31-25-60)74(90)79-61-6-4-3-5-7-61)67-21-9-53(2)45-59(67)51-83-34-38-85(39-35-83)63-16-12-57(13-17-63)73(89)81-102(97,98)65-19-23-69(71(47-65)87(93)94)78-49-55-28-42-100-43-29-55/h3-24,30,44-47,54-55,60,77-78H,25-29,31-43,48-51H2,1-2H3,(H,79,90)(H,80,88)(H,81,89). The average molecular weight is 1420 g/mol. The predicted molar refractivity (Wildman–Crippen MR) is 390 cm³/mol. The number of allylic oxidation sites excluding steroid dienone is 1. The van der Waals surface area contributed by atoms with Gasteiger partial charge in [-0.25, -0.2) is 26.3 Å². The molecule has 0 radical (unpaired) electrons. The number of sulfonamides is 2. The van der Waals surface area contributed by atoms with E-state index in [4.69, 9.17) is 9.47 Å². The van der Waals surface area contributed by atoms with Crippen LogP contribution in [0.25, 0.3) is 0 Å². The summed E-state index contributed by atoms with van der Waals surface area (Å²) in [4.78, 5) is 74.2. The second kappa shape index (κ2) is 30.2. The highest BCUT2D eigenvalue weighted by molar-refractivity contribution is 7.90. The Morgan fingerprint density at radius 1 is 0.529 bits per heavy atom. The van der Waals surface area contributed by atoms with E-state index in [2.05, 4.69) is 107 Å². The molecule has 24 nitrogen and oxygen atoms in total. The third-order valence-electron chi connectivity index (χ3n) is 21.3. The molecule has 5 N–H and O–H groups in total. The van der Waals surface area contributed by atoms with Gasteiger partial charge in [0.25, 0.3) is 43.2 Å². The number of piperazine rings is 2. The molecular weight excluding hydrogens is 1340 g/mol. The molecule has 0 spiro atoms. The highest BCUT2D eigenvalue weighted by atomic mass is 32.2. The number of nitrogens with zero attached hydrogens (tertiary/aromatic N) is 6. The zero-order chi connectivity index (χ0) is 71.3. The first kappa shape index (κ1) is 70.8. The lowest BCUT2D eigenvalue weighted by Gasteiger charge is -2.46. The number of hydrogen-bond acceptors (Lipinski definition) is 19. The van der Waals surface area contributed by atoms with Gasteiger partial charge < -0.3 is 35.2 Å². The number of ether oxygens (including phenoxy) is 2. The molecule has 6 aliphatic rings. The minimum Gasteiger partial charge on any atom is -0.381 e. The van der Waals surface area contributed by atoms with Gasteiger partial charge in [0.1, 0.15) is 11.4 Å². The summed E-state index contributed by atoms with van der Waals surface area (Å²) in [6.07, 6.45) is 9.14. The molecule has 26 heteroatoms. The Morgan fingerprint density at radius 2 is 0.961 bits per heavy atom. The summed E-state index contributed by atoms with van der Waals surface area (Å²) in [5, 5.41) is 33.8. The van der Waals surface area contributed by atoms with Crippen molar-refractivity contribution in [2.75, 3.05) is 118 Å². The maximum atomic E-state index is 15.6. The summed E-state index contributed by atoms with van der Waals surface area (Å²) in [6, 6.07) is 43.7. The SMILES string of the molecule is Cc1ccc(C2(c3ccc(C)cc3CN3CCN(c4ccc(C(=O)NS(=O)(=O)c5ccc(NCC6CCOCC6)c([N+](=O)[O-])c5)cc4)CC3)C3C=CC2(C(=O)Nc2ccccc2)CC3)c(CN2CCN(c3ccc(C(=O)NS(=O)(=O)c4ccc(NCC5CCOCC5)c([N+](=O)[O-])c4)cc3)CC2)c1. The summed E-state index contributed by atoms with van der Waals surface area (Å²) in [7, 11) is -8.98. The van der Waals surface area contributed by atoms with E-state index in [1.165, 1.54) is 24.3 Å². The van der Waals surface area contributed by atoms with Crippen molar-refractivity contribution in [3.8, 4) is 0 Å². The summed E-state index contributed by atoms with van der Waals surface area (Å²) in [5.74, 6) is -1.30. The van der Waals surface area contributed by atoms with Crippen LogP contribution >= 0.6 is 0 Å². The van der Waals surface area contributed by atoms with Crippen LogP contribution in [0, 0.1) is 57.2 Å². The fourth-order valence-electron chi connectivity index (χ4n) is 15.8. The Bertz CT molecular complexity index is 4310. The Labute approximate surface area is 594 Å². The first-order chi connectivity index (χ1) is 49.2. The van der Waals surface area contributed by atoms with Crippen molar-refractivity contribution < 1.29 is 50.5 Å². The van der Waals surface area contributed by atoms with Gasteiger partial charge in [-0.2, -0.15) is 0 Å². The number of rotatable bonds is 24. The average Bonchev–Trinajstić information content (AvgIpc) is 1.53. The number of para-hydroxylation sites is 1. The number of benzene rings is 7. The second-order valence-corrected chi connectivity index (χ2v) is 31.0. The predicted octanol–water partition coefficient (Wildman–Crippen LogP) is 10.6. The number of nitrogens with one attached hydrogen (secondary N) is 5. The highest BCUT2D eigenvalue weighted by Gasteiger charge is 2.67. The lowest BCUT2D eigenvalue weighted by atomic mass is 9.56. The quantitative estimate of drug-likeness (QED) is 0.0213. The van der Waals surface area contributed by atoms with Gasteiger partial charge in [0.2, 0.25) is 5.91 Å². The summed E-state index contributed by atoms with van der Waals surface area (Å²) < 4.78 is 69.2. The van der Waals surface area contributed by atoms with E-state index in [1.807, 2.05) is 30.3 Å². The Morgan fingerprint density at radius 3 is 1.36 bits per heavy atom. The van der Waals surface area contributed by atoms with Gasteiger partial charge in [0.15, 0.2) is 0 Å². The second-order valence-electron chi connectivity index (χ2n) is 27.7. The van der Waals surface area contributed by atoms with E-state index in [0.29, 0.717) is 111 Å². The van der Waals surface area contributed by atoms with E-state index in [1.54, 1.807) is 48.5 Å². The topological polar surface area (TPSA) is 297 Å². The summed E-state index contributed by atoms with van der Waals surface area (Å²) in [5.41, 5.74) is 7.15. The van der Waals surface area contributed by atoms with Crippen LogP contribution < -0.4 is 35.2 Å². The van der Waals surface area contributed by atoms with Crippen LogP contribution in [0.1, 0.15) is 92.6 Å². The van der Waals surface area contributed by atoms with Gasteiger partial charge in [-0.15, -0.1) is 0 Å². The Hall–Kier alpha value is -9.57. The first-order valence-corrected chi connectivity index (χ1v) is 37.9. The van der Waals surface area contributed by atoms with E-state index in [0.717, 1.165) is 94.7 Å². The summed E-state index contributed by atoms with van der Waals surface area (Å²) in [6.45, 7) is 14.3. The first-order valence-electron chi connectivity index (χ1n) is 34.9. The number of anilines is 5. The molecule has 2 atom stereocenters. The van der Waals surface area contributed by atoms with Gasteiger partial charge in [-0.1, -0.05) is 77.9 Å². The molecule has 102 heavy (non-hydrogen) atoms. The lowest BCUT2D eigenvalue weighted by molar-refractivity contribution is -0.384. The van der Waals surface area contributed by atoms with E-state index in [9.17, 15) is 46.7 Å². The van der Waals surface area contributed by atoms with Gasteiger partial charge in [0.05, 0.1) is 25.1 Å². The normalized spacial score (nSPS) is 19.6. The van der Waals surface area contributed by atoms with Crippen molar-refractivity contribution in [2.45, 2.75) is 80.7 Å². The van der Waals surface area contributed by atoms with Crippen molar-refractivity contribution in [1.29, 1.82) is 0 Å². The van der Waals surface area contributed by atoms with Crippen molar-refractivity contribution in [3.05, 3.63) is 229 Å². The van der Waals surface area contributed by atoms with Crippen molar-refractivity contribution in [3.63, 3.8) is 0 Å². The molecule has 4 heterocycles. The number of carbonyl (C=O) groups excluding carboxylic acids is 3. The van der Waals surface area contributed by atoms with Crippen LogP contribution in [-0.4, -0.2) is 146 Å². The van der Waals surface area contributed by atoms with Crippen LogP contribution in [0.2, 0.25) is 0 Å². The number of amides is 3. The van der Waals surface area contributed by atoms with Gasteiger partial charge >= 0.3 is 0 Å². The summed E-state index contributed by atoms with van der Waals surface area (Å²) >= 11 is 0. The maximum Gasteiger partial charge on any atom is 0.293 e. The van der Waals surface area contributed by atoms with Crippen LogP contribution in [0.3, 0.4) is 0 Å². The number of fused-ring (bicyclic) bond motifs is 2. The molecule has 1 saturated carbocycles. The molecule has 2 unspecified atom stereocenters. The molecule has 2 aliphatic carbocycles. The molecule has 7 aromatic carbocycles. The smallest absolute Gasteiger partial charge is 0.293 e.